The van der Waals surface area contributed by atoms with Gasteiger partial charge in [0, 0.05) is 11.0 Å². The summed E-state index contributed by atoms with van der Waals surface area (Å²) < 4.78 is 0. The summed E-state index contributed by atoms with van der Waals surface area (Å²) >= 11 is 5.91. The summed E-state index contributed by atoms with van der Waals surface area (Å²) in [5, 5.41) is 19.3. The van der Waals surface area contributed by atoms with E-state index in [0.29, 0.717) is 10.6 Å². The summed E-state index contributed by atoms with van der Waals surface area (Å²) in [5.74, 6) is 0.0747. The summed E-state index contributed by atoms with van der Waals surface area (Å²) in [6.07, 6.45) is 0. The highest BCUT2D eigenvalue weighted by Crippen LogP contribution is 2.37. The van der Waals surface area contributed by atoms with E-state index in [4.69, 9.17) is 11.6 Å². The lowest BCUT2D eigenvalue weighted by Gasteiger charge is -2.24. The van der Waals surface area contributed by atoms with Crippen LogP contribution >= 0.6 is 11.6 Å². The second kappa shape index (κ2) is 3.79. The molecule has 1 rings (SSSR count). The Morgan fingerprint density at radius 1 is 1.36 bits per heavy atom. The number of hydrogen-bond acceptors (Lipinski definition) is 2. The summed E-state index contributed by atoms with van der Waals surface area (Å²) in [6.45, 7) is 5.51. The van der Waals surface area contributed by atoms with Gasteiger partial charge in [-0.1, -0.05) is 37.6 Å². The molecule has 3 heteroatoms. The van der Waals surface area contributed by atoms with Crippen molar-refractivity contribution in [1.82, 2.24) is 0 Å². The van der Waals surface area contributed by atoms with Gasteiger partial charge in [0.2, 0.25) is 0 Å². The van der Waals surface area contributed by atoms with E-state index in [1.807, 2.05) is 26.8 Å². The van der Waals surface area contributed by atoms with Crippen molar-refractivity contribution in [3.8, 4) is 5.75 Å². The topological polar surface area (TPSA) is 40.5 Å². The molecule has 1 aromatic rings. The molecule has 14 heavy (non-hydrogen) atoms. The van der Waals surface area contributed by atoms with E-state index < -0.39 is 5.41 Å². The maximum absolute atomic E-state index is 9.80. The van der Waals surface area contributed by atoms with Gasteiger partial charge in [-0.3, -0.25) is 0 Å². The molecule has 78 valence electrons. The van der Waals surface area contributed by atoms with Crippen LogP contribution in [-0.2, 0) is 5.41 Å². The summed E-state index contributed by atoms with van der Waals surface area (Å²) in [6, 6.07) is 3.64. The molecule has 0 aliphatic carbocycles. The highest BCUT2D eigenvalue weighted by molar-refractivity contribution is 6.32. The number of hydrogen-bond donors (Lipinski definition) is 2. The Bertz CT molecular complexity index is 345. The first-order valence-electron chi connectivity index (χ1n) is 4.49. The Morgan fingerprint density at radius 2 is 1.93 bits per heavy atom. The molecule has 0 saturated heterocycles. The monoisotopic (exact) mass is 214 g/mol. The first-order chi connectivity index (χ1) is 6.40. The minimum Gasteiger partial charge on any atom is -0.506 e. The van der Waals surface area contributed by atoms with E-state index in [-0.39, 0.29) is 12.4 Å². The van der Waals surface area contributed by atoms with Crippen molar-refractivity contribution in [2.24, 2.45) is 0 Å². The number of aliphatic hydroxyl groups excluding tert-OH is 1. The third-order valence-electron chi connectivity index (χ3n) is 2.43. The molecule has 0 aromatic heterocycles. The van der Waals surface area contributed by atoms with Crippen molar-refractivity contribution in [3.05, 3.63) is 28.3 Å². The number of aryl methyl sites for hydroxylation is 1. The van der Waals surface area contributed by atoms with Crippen LogP contribution in [0.1, 0.15) is 25.0 Å². The molecule has 1 aromatic carbocycles. The van der Waals surface area contributed by atoms with E-state index in [2.05, 4.69) is 0 Å². The lowest BCUT2D eigenvalue weighted by molar-refractivity contribution is 0.215. The molecule has 2 nitrogen and oxygen atoms in total. The van der Waals surface area contributed by atoms with Gasteiger partial charge in [-0.2, -0.15) is 0 Å². The van der Waals surface area contributed by atoms with E-state index in [1.165, 1.54) is 0 Å². The van der Waals surface area contributed by atoms with E-state index in [0.717, 1.165) is 5.56 Å². The average Bonchev–Trinajstić information content (AvgIpc) is 2.14. The lowest BCUT2D eigenvalue weighted by atomic mass is 9.84. The highest BCUT2D eigenvalue weighted by Gasteiger charge is 2.24. The van der Waals surface area contributed by atoms with Crippen LogP contribution in [0.3, 0.4) is 0 Å². The van der Waals surface area contributed by atoms with Gasteiger partial charge < -0.3 is 10.2 Å². The normalized spacial score (nSPS) is 11.8. The molecule has 0 fully saturated rings. The highest BCUT2D eigenvalue weighted by atomic mass is 35.5. The molecule has 0 spiro atoms. The summed E-state index contributed by atoms with van der Waals surface area (Å²) in [5.41, 5.74) is 1.04. The van der Waals surface area contributed by atoms with Gasteiger partial charge in [0.25, 0.3) is 0 Å². The molecule has 0 unspecified atom stereocenters. The molecule has 0 heterocycles. The van der Waals surface area contributed by atoms with Crippen LogP contribution in [-0.4, -0.2) is 16.8 Å². The molecule has 0 atom stereocenters. The van der Waals surface area contributed by atoms with Gasteiger partial charge >= 0.3 is 0 Å². The number of benzene rings is 1. The van der Waals surface area contributed by atoms with Crippen molar-refractivity contribution >= 4 is 11.6 Å². The second-order valence-corrected chi connectivity index (χ2v) is 4.51. The van der Waals surface area contributed by atoms with Crippen LogP contribution in [0.4, 0.5) is 0 Å². The molecule has 0 radical (unpaired) electrons. The summed E-state index contributed by atoms with van der Waals surface area (Å²) in [7, 11) is 0. The Kier molecular flexibility index (Phi) is 3.07. The number of rotatable bonds is 2. The molecular formula is C11H15ClO2. The van der Waals surface area contributed by atoms with Crippen molar-refractivity contribution in [2.75, 3.05) is 6.61 Å². The van der Waals surface area contributed by atoms with E-state index in [1.54, 1.807) is 6.07 Å². The van der Waals surface area contributed by atoms with Crippen LogP contribution in [0, 0.1) is 6.92 Å². The summed E-state index contributed by atoms with van der Waals surface area (Å²) in [4.78, 5) is 0. The molecule has 0 aliphatic rings. The average molecular weight is 215 g/mol. The van der Waals surface area contributed by atoms with Gasteiger partial charge in [-0.05, 0) is 12.5 Å². The van der Waals surface area contributed by atoms with E-state index >= 15 is 0 Å². The Labute approximate surface area is 89.1 Å². The van der Waals surface area contributed by atoms with Crippen LogP contribution in [0.5, 0.6) is 5.75 Å². The molecular weight excluding hydrogens is 200 g/mol. The van der Waals surface area contributed by atoms with Crippen LogP contribution in [0.2, 0.25) is 5.02 Å². The quantitative estimate of drug-likeness (QED) is 0.795. The molecule has 0 saturated carbocycles. The number of halogens is 1. The van der Waals surface area contributed by atoms with Gasteiger partial charge in [-0.15, -0.1) is 0 Å². The largest absolute Gasteiger partial charge is 0.506 e. The zero-order chi connectivity index (χ0) is 10.9. The third-order valence-corrected chi connectivity index (χ3v) is 2.91. The molecule has 0 aliphatic heterocycles. The fraction of sp³-hybridized carbons (Fsp3) is 0.455. The Balaban J connectivity index is 3.31. The van der Waals surface area contributed by atoms with Gasteiger partial charge in [0.15, 0.2) is 0 Å². The second-order valence-electron chi connectivity index (χ2n) is 4.13. The Morgan fingerprint density at radius 3 is 2.43 bits per heavy atom. The van der Waals surface area contributed by atoms with Gasteiger partial charge in [-0.25, -0.2) is 0 Å². The fourth-order valence-electron chi connectivity index (χ4n) is 1.30. The van der Waals surface area contributed by atoms with Gasteiger partial charge in [0.1, 0.15) is 5.75 Å². The lowest BCUT2D eigenvalue weighted by Crippen LogP contribution is -2.22. The van der Waals surface area contributed by atoms with Crippen molar-refractivity contribution in [1.29, 1.82) is 0 Å². The Hall–Kier alpha value is -0.730. The fourth-order valence-corrected chi connectivity index (χ4v) is 1.46. The predicted molar refractivity (Wildman–Crippen MR) is 58.0 cm³/mol. The zero-order valence-electron chi connectivity index (χ0n) is 8.63. The van der Waals surface area contributed by atoms with Crippen LogP contribution < -0.4 is 0 Å². The third kappa shape index (κ3) is 1.86. The first kappa shape index (κ1) is 11.3. The van der Waals surface area contributed by atoms with Gasteiger partial charge in [0.05, 0.1) is 11.6 Å². The minimum atomic E-state index is -0.471. The van der Waals surface area contributed by atoms with Crippen molar-refractivity contribution < 1.29 is 10.2 Å². The number of phenolic OH excluding ortho intramolecular Hbond substituents is 1. The smallest absolute Gasteiger partial charge is 0.138 e. The number of phenols is 1. The maximum Gasteiger partial charge on any atom is 0.138 e. The zero-order valence-corrected chi connectivity index (χ0v) is 9.39. The standard InChI is InChI=1S/C11H15ClO2/c1-7-4-5-8(10(14)9(7)12)11(2,3)6-13/h4-5,13-14H,6H2,1-3H3. The predicted octanol–water partition coefficient (Wildman–Crippen LogP) is 2.62. The number of aromatic hydroxyl groups is 1. The van der Waals surface area contributed by atoms with Crippen LogP contribution in [0.25, 0.3) is 0 Å². The van der Waals surface area contributed by atoms with E-state index in [9.17, 15) is 10.2 Å². The van der Waals surface area contributed by atoms with Crippen LogP contribution in [0.15, 0.2) is 12.1 Å². The SMILES string of the molecule is Cc1ccc(C(C)(C)CO)c(O)c1Cl. The van der Waals surface area contributed by atoms with Crippen molar-refractivity contribution in [2.45, 2.75) is 26.2 Å². The molecule has 0 amide bonds. The number of aliphatic hydroxyl groups is 1. The molecule has 0 bridgehead atoms. The maximum atomic E-state index is 9.80. The van der Waals surface area contributed by atoms with Crippen molar-refractivity contribution in [3.63, 3.8) is 0 Å². The molecule has 2 N–H and O–H groups in total. The first-order valence-corrected chi connectivity index (χ1v) is 4.87. The minimum absolute atomic E-state index is 0.0278.